The highest BCUT2D eigenvalue weighted by Crippen LogP contribution is 2.38. The molecule has 1 aliphatic heterocycles. The van der Waals surface area contributed by atoms with Gasteiger partial charge in [-0.2, -0.15) is 0 Å². The lowest BCUT2D eigenvalue weighted by Crippen LogP contribution is -2.11. The minimum atomic E-state index is 0.155. The summed E-state index contributed by atoms with van der Waals surface area (Å²) in [5.41, 5.74) is 7.00. The van der Waals surface area contributed by atoms with E-state index in [4.69, 9.17) is 0 Å². The van der Waals surface area contributed by atoms with Crippen LogP contribution >= 0.6 is 0 Å². The van der Waals surface area contributed by atoms with E-state index in [9.17, 15) is 4.79 Å². The fourth-order valence-electron chi connectivity index (χ4n) is 4.34. The summed E-state index contributed by atoms with van der Waals surface area (Å²) in [6.45, 7) is 3.24. The molecular formula is C20H26N2O. The van der Waals surface area contributed by atoms with Gasteiger partial charge in [0.2, 0.25) is 5.91 Å². The van der Waals surface area contributed by atoms with Gasteiger partial charge in [0.15, 0.2) is 0 Å². The molecule has 3 nitrogen and oxygen atoms in total. The van der Waals surface area contributed by atoms with Gasteiger partial charge in [-0.3, -0.25) is 4.79 Å². The average molecular weight is 310 g/mol. The zero-order valence-electron chi connectivity index (χ0n) is 14.1. The smallest absolute Gasteiger partial charge is 0.224 e. The van der Waals surface area contributed by atoms with Crippen LogP contribution in [0, 0.1) is 0 Å². The number of nitrogens with zero attached hydrogens (tertiary/aromatic N) is 1. The molecular weight excluding hydrogens is 284 g/mol. The van der Waals surface area contributed by atoms with E-state index in [1.54, 1.807) is 11.3 Å². The summed E-state index contributed by atoms with van der Waals surface area (Å²) in [5.74, 6) is 0.155. The molecule has 3 heteroatoms. The van der Waals surface area contributed by atoms with E-state index in [1.165, 1.54) is 48.6 Å². The van der Waals surface area contributed by atoms with Gasteiger partial charge >= 0.3 is 0 Å². The van der Waals surface area contributed by atoms with Crippen molar-refractivity contribution in [2.45, 2.75) is 71.3 Å². The van der Waals surface area contributed by atoms with E-state index >= 15 is 0 Å². The molecule has 2 heterocycles. The molecule has 1 N–H and O–H groups in total. The van der Waals surface area contributed by atoms with E-state index in [2.05, 4.69) is 28.9 Å². The van der Waals surface area contributed by atoms with Crippen molar-refractivity contribution >= 4 is 22.5 Å². The molecule has 0 fully saturated rings. The van der Waals surface area contributed by atoms with Crippen LogP contribution in [0.4, 0.5) is 5.69 Å². The first-order valence-corrected chi connectivity index (χ1v) is 9.24. The van der Waals surface area contributed by atoms with Crippen molar-refractivity contribution in [1.82, 2.24) is 4.57 Å². The molecule has 2 aromatic rings. The van der Waals surface area contributed by atoms with E-state index in [-0.39, 0.29) is 5.91 Å². The molecule has 0 saturated carbocycles. The van der Waals surface area contributed by atoms with Gasteiger partial charge < -0.3 is 9.88 Å². The topological polar surface area (TPSA) is 34.0 Å². The van der Waals surface area contributed by atoms with Crippen LogP contribution in [0.5, 0.6) is 0 Å². The summed E-state index contributed by atoms with van der Waals surface area (Å²) < 4.78 is 2.56. The lowest BCUT2D eigenvalue weighted by Gasteiger charge is -2.08. The number of rotatable bonds is 4. The standard InChI is InChI=1S/C20H26N2O/c1-2-3-9-19(23)21-15-12-14-10-11-22-18-8-6-4-5-7-16(18)17(13-15)20(14)22/h12-13H,2-11H2,1H3,(H,21,23). The minimum Gasteiger partial charge on any atom is -0.344 e. The number of benzene rings is 1. The van der Waals surface area contributed by atoms with E-state index in [0.29, 0.717) is 6.42 Å². The summed E-state index contributed by atoms with van der Waals surface area (Å²) in [4.78, 5) is 12.1. The third-order valence-corrected chi connectivity index (χ3v) is 5.44. The van der Waals surface area contributed by atoms with Crippen molar-refractivity contribution < 1.29 is 4.79 Å². The largest absolute Gasteiger partial charge is 0.344 e. The van der Waals surface area contributed by atoms with Crippen LogP contribution in [-0.2, 0) is 30.6 Å². The van der Waals surface area contributed by atoms with Crippen LogP contribution in [0.15, 0.2) is 12.1 Å². The first kappa shape index (κ1) is 14.8. The predicted octanol–water partition coefficient (Wildman–Crippen LogP) is 4.60. The molecule has 1 aliphatic carbocycles. The molecule has 0 atom stereocenters. The summed E-state index contributed by atoms with van der Waals surface area (Å²) in [6, 6.07) is 4.43. The lowest BCUT2D eigenvalue weighted by atomic mass is 10.0. The van der Waals surface area contributed by atoms with Crippen LogP contribution in [0.2, 0.25) is 0 Å². The number of fused-ring (bicyclic) bond motifs is 3. The highest BCUT2D eigenvalue weighted by molar-refractivity contribution is 5.97. The Morgan fingerprint density at radius 2 is 2.04 bits per heavy atom. The second-order valence-electron chi connectivity index (χ2n) is 7.07. The maximum atomic E-state index is 12.1. The van der Waals surface area contributed by atoms with E-state index in [1.807, 2.05) is 0 Å². The highest BCUT2D eigenvalue weighted by Gasteiger charge is 2.25. The molecule has 4 rings (SSSR count). The van der Waals surface area contributed by atoms with Crippen molar-refractivity contribution in [2.24, 2.45) is 0 Å². The number of carbonyl (C=O) groups excluding carboxylic acids is 1. The Hall–Kier alpha value is -1.77. The second-order valence-corrected chi connectivity index (χ2v) is 7.07. The summed E-state index contributed by atoms with van der Waals surface area (Å²) >= 11 is 0. The van der Waals surface area contributed by atoms with Gasteiger partial charge in [-0.1, -0.05) is 19.8 Å². The van der Waals surface area contributed by atoms with Gasteiger partial charge in [0.1, 0.15) is 0 Å². The van der Waals surface area contributed by atoms with Crippen molar-refractivity contribution in [3.8, 4) is 0 Å². The van der Waals surface area contributed by atoms with Gasteiger partial charge in [-0.25, -0.2) is 0 Å². The molecule has 122 valence electrons. The molecule has 0 spiro atoms. The fourth-order valence-corrected chi connectivity index (χ4v) is 4.34. The van der Waals surface area contributed by atoms with Gasteiger partial charge in [0.05, 0.1) is 5.52 Å². The Labute approximate surface area is 138 Å². The van der Waals surface area contributed by atoms with Gasteiger partial charge in [0, 0.05) is 29.7 Å². The molecule has 1 aromatic carbocycles. The summed E-state index contributed by atoms with van der Waals surface area (Å²) in [5, 5.41) is 4.54. The fraction of sp³-hybridized carbons (Fsp3) is 0.550. The van der Waals surface area contributed by atoms with Gasteiger partial charge in [0.25, 0.3) is 0 Å². The van der Waals surface area contributed by atoms with E-state index < -0.39 is 0 Å². The first-order chi connectivity index (χ1) is 11.3. The number of unbranched alkanes of at least 4 members (excludes halogenated alkanes) is 1. The maximum Gasteiger partial charge on any atom is 0.224 e. The van der Waals surface area contributed by atoms with Crippen molar-refractivity contribution in [3.63, 3.8) is 0 Å². The number of anilines is 1. The van der Waals surface area contributed by atoms with Gasteiger partial charge in [-0.15, -0.1) is 0 Å². The molecule has 0 bridgehead atoms. The number of amides is 1. The Morgan fingerprint density at radius 1 is 1.17 bits per heavy atom. The molecule has 0 radical (unpaired) electrons. The summed E-state index contributed by atoms with van der Waals surface area (Å²) in [7, 11) is 0. The SMILES string of the molecule is CCCCC(=O)Nc1cc2c3c(c1)c1c(n3CC2)CCCCC1. The molecule has 1 aromatic heterocycles. The lowest BCUT2D eigenvalue weighted by molar-refractivity contribution is -0.116. The van der Waals surface area contributed by atoms with Crippen LogP contribution in [0.3, 0.4) is 0 Å². The molecule has 1 amide bonds. The highest BCUT2D eigenvalue weighted by atomic mass is 16.1. The van der Waals surface area contributed by atoms with Gasteiger partial charge in [-0.05, 0) is 61.8 Å². The predicted molar refractivity (Wildman–Crippen MR) is 95.1 cm³/mol. The summed E-state index contributed by atoms with van der Waals surface area (Å²) in [6.07, 6.45) is 10.2. The third kappa shape index (κ3) is 2.56. The first-order valence-electron chi connectivity index (χ1n) is 9.24. The van der Waals surface area contributed by atoms with Crippen LogP contribution < -0.4 is 5.32 Å². The monoisotopic (exact) mass is 310 g/mol. The third-order valence-electron chi connectivity index (χ3n) is 5.44. The average Bonchev–Trinajstić information content (AvgIpc) is 2.98. The second kappa shape index (κ2) is 6.03. The number of nitrogens with one attached hydrogen (secondary N) is 1. The van der Waals surface area contributed by atoms with Crippen LogP contribution in [0.1, 0.15) is 62.3 Å². The maximum absolute atomic E-state index is 12.1. The number of hydrogen-bond donors (Lipinski definition) is 1. The molecule has 23 heavy (non-hydrogen) atoms. The Bertz CT molecular complexity index is 757. The number of hydrogen-bond acceptors (Lipinski definition) is 1. The Balaban J connectivity index is 1.73. The minimum absolute atomic E-state index is 0.155. The van der Waals surface area contributed by atoms with Crippen molar-refractivity contribution in [3.05, 3.63) is 29.0 Å². The Morgan fingerprint density at radius 3 is 2.91 bits per heavy atom. The number of carbonyl (C=O) groups is 1. The number of aryl methyl sites for hydroxylation is 3. The normalized spacial score (nSPS) is 16.4. The van der Waals surface area contributed by atoms with E-state index in [0.717, 1.165) is 31.5 Å². The number of aromatic nitrogens is 1. The molecule has 0 saturated heterocycles. The van der Waals surface area contributed by atoms with Crippen molar-refractivity contribution in [1.29, 1.82) is 0 Å². The molecule has 0 unspecified atom stereocenters. The molecule has 2 aliphatic rings. The zero-order valence-corrected chi connectivity index (χ0v) is 14.1. The van der Waals surface area contributed by atoms with Crippen LogP contribution in [0.25, 0.3) is 10.9 Å². The van der Waals surface area contributed by atoms with Crippen molar-refractivity contribution in [2.75, 3.05) is 5.32 Å². The van der Waals surface area contributed by atoms with Crippen LogP contribution in [-0.4, -0.2) is 10.5 Å². The quantitative estimate of drug-likeness (QED) is 0.823. The zero-order chi connectivity index (χ0) is 15.8. The Kier molecular flexibility index (Phi) is 3.88.